The van der Waals surface area contributed by atoms with Crippen molar-refractivity contribution in [3.05, 3.63) is 24.3 Å². The smallest absolute Gasteiger partial charge is 0.112 e. The highest BCUT2D eigenvalue weighted by Gasteiger charge is 2.25. The van der Waals surface area contributed by atoms with Gasteiger partial charge in [0.2, 0.25) is 0 Å². The molecule has 1 heterocycles. The zero-order valence-electron chi connectivity index (χ0n) is 29.0. The topological polar surface area (TPSA) is 41.6 Å². The zero-order valence-corrected chi connectivity index (χ0v) is 29.0. The van der Waals surface area contributed by atoms with E-state index in [-0.39, 0.29) is 0 Å². The number of benzene rings is 1. The minimum atomic E-state index is 0.914. The summed E-state index contributed by atoms with van der Waals surface area (Å²) in [4.78, 5) is 0. The maximum atomic E-state index is 3.88. The van der Waals surface area contributed by atoms with Crippen LogP contribution in [-0.2, 0) is 0 Å². The van der Waals surface area contributed by atoms with Crippen LogP contribution in [0.5, 0.6) is 0 Å². The van der Waals surface area contributed by atoms with Crippen LogP contribution in [0.4, 0.5) is 0 Å². The molecule has 0 saturated carbocycles. The molecule has 1 aromatic carbocycles. The van der Waals surface area contributed by atoms with E-state index in [2.05, 4.69) is 43.1 Å². The van der Waals surface area contributed by atoms with Crippen molar-refractivity contribution < 1.29 is 4.48 Å². The standard InChI is InChI=1S/C32H68N.C6H5N3/c1-5-9-13-17-21-25-29-33(30-26-22-18-14-10-6-2,31-27-23-19-15-11-7-3)32-28-24-20-16-12-8-4;1-2-4-6-5(3-1)7-9-8-6/h5-32H2,1-4H3;1-4H,(H,7,8,9)/q+1;. The number of unbranched alkanes of at least 4 members (excludes halogenated alkanes) is 20. The van der Waals surface area contributed by atoms with Gasteiger partial charge < -0.3 is 4.48 Å². The normalized spacial score (nSPS) is 11.6. The number of nitrogens with zero attached hydrogens (tertiary/aromatic N) is 3. The fourth-order valence-electron chi connectivity index (χ4n) is 6.37. The van der Waals surface area contributed by atoms with Crippen molar-refractivity contribution in [1.82, 2.24) is 15.4 Å². The van der Waals surface area contributed by atoms with Gasteiger partial charge in [-0.1, -0.05) is 143 Å². The number of nitrogens with one attached hydrogen (secondary N) is 1. The molecule has 0 aliphatic heterocycles. The molecule has 0 radical (unpaired) electrons. The molecule has 42 heavy (non-hydrogen) atoms. The van der Waals surface area contributed by atoms with Gasteiger partial charge >= 0.3 is 0 Å². The molecule has 0 fully saturated rings. The van der Waals surface area contributed by atoms with Crippen LogP contribution in [0.2, 0.25) is 0 Å². The molecule has 0 aliphatic rings. The van der Waals surface area contributed by atoms with Crippen molar-refractivity contribution in [2.24, 2.45) is 0 Å². The molecule has 4 heteroatoms. The van der Waals surface area contributed by atoms with Gasteiger partial charge in [-0.3, -0.25) is 0 Å². The first-order chi connectivity index (χ1) is 20.7. The molecule has 2 rings (SSSR count). The second kappa shape index (κ2) is 28.4. The molecular formula is C38H73N4+. The van der Waals surface area contributed by atoms with Gasteiger partial charge in [0.1, 0.15) is 11.0 Å². The fraction of sp³-hybridized carbons (Fsp3) is 0.842. The van der Waals surface area contributed by atoms with Gasteiger partial charge in [-0.25, -0.2) is 0 Å². The fourth-order valence-corrected chi connectivity index (χ4v) is 6.37. The summed E-state index contributed by atoms with van der Waals surface area (Å²) in [6, 6.07) is 7.70. The molecule has 4 nitrogen and oxygen atoms in total. The molecule has 0 bridgehead atoms. The van der Waals surface area contributed by atoms with E-state index in [9.17, 15) is 0 Å². The molecule has 0 saturated heterocycles. The van der Waals surface area contributed by atoms with E-state index in [4.69, 9.17) is 0 Å². The average molecular weight is 586 g/mol. The van der Waals surface area contributed by atoms with E-state index in [0.717, 1.165) is 11.0 Å². The van der Waals surface area contributed by atoms with Crippen molar-refractivity contribution in [3.8, 4) is 0 Å². The van der Waals surface area contributed by atoms with Crippen LogP contribution in [0, 0.1) is 0 Å². The maximum Gasteiger partial charge on any atom is 0.112 e. The van der Waals surface area contributed by atoms with Crippen LogP contribution < -0.4 is 0 Å². The van der Waals surface area contributed by atoms with Gasteiger partial charge in [0.25, 0.3) is 0 Å². The predicted octanol–water partition coefficient (Wildman–Crippen LogP) is 12.2. The third-order valence-electron chi connectivity index (χ3n) is 9.17. The van der Waals surface area contributed by atoms with E-state index in [1.54, 1.807) is 0 Å². The molecule has 0 atom stereocenters. The van der Waals surface area contributed by atoms with Gasteiger partial charge in [-0.2, -0.15) is 15.4 Å². The van der Waals surface area contributed by atoms with Crippen LogP contribution in [0.3, 0.4) is 0 Å². The first-order valence-corrected chi connectivity index (χ1v) is 18.8. The van der Waals surface area contributed by atoms with Crippen LogP contribution in [0.15, 0.2) is 24.3 Å². The van der Waals surface area contributed by atoms with Crippen molar-refractivity contribution >= 4 is 11.0 Å². The summed E-state index contributed by atoms with van der Waals surface area (Å²) in [5.74, 6) is 0. The Hall–Kier alpha value is -1.42. The van der Waals surface area contributed by atoms with E-state index in [1.807, 2.05) is 24.3 Å². The lowest BCUT2D eigenvalue weighted by Crippen LogP contribution is -2.50. The number of aromatic amines is 1. The number of rotatable bonds is 28. The van der Waals surface area contributed by atoms with Gasteiger partial charge in [0.15, 0.2) is 0 Å². The highest BCUT2D eigenvalue weighted by Crippen LogP contribution is 2.21. The molecule has 1 aromatic heterocycles. The lowest BCUT2D eigenvalue weighted by atomic mass is 10.0. The Kier molecular flexibility index (Phi) is 26.1. The van der Waals surface area contributed by atoms with E-state index < -0.39 is 0 Å². The van der Waals surface area contributed by atoms with Crippen molar-refractivity contribution in [1.29, 1.82) is 0 Å². The number of hydrogen-bond acceptors (Lipinski definition) is 2. The van der Waals surface area contributed by atoms with Crippen LogP contribution in [0.25, 0.3) is 11.0 Å². The number of fused-ring (bicyclic) bond motifs is 1. The Balaban J connectivity index is 0.000000810. The summed E-state index contributed by atoms with van der Waals surface area (Å²) in [6.45, 7) is 15.3. The van der Waals surface area contributed by atoms with Crippen molar-refractivity contribution in [2.75, 3.05) is 26.2 Å². The Bertz CT molecular complexity index is 701. The molecule has 0 amide bonds. The van der Waals surface area contributed by atoms with Crippen LogP contribution in [-0.4, -0.2) is 46.1 Å². The van der Waals surface area contributed by atoms with Gasteiger partial charge in [0.05, 0.1) is 26.2 Å². The monoisotopic (exact) mass is 586 g/mol. The van der Waals surface area contributed by atoms with Gasteiger partial charge in [0, 0.05) is 0 Å². The molecule has 244 valence electrons. The summed E-state index contributed by atoms with van der Waals surface area (Å²) in [7, 11) is 0. The number of para-hydroxylation sites is 2. The first kappa shape index (κ1) is 38.6. The van der Waals surface area contributed by atoms with E-state index in [1.165, 1.54) is 185 Å². The van der Waals surface area contributed by atoms with Crippen molar-refractivity contribution in [3.63, 3.8) is 0 Å². The largest absolute Gasteiger partial charge is 0.324 e. The quantitative estimate of drug-likeness (QED) is 0.0797. The number of hydrogen-bond donors (Lipinski definition) is 1. The second-order valence-corrected chi connectivity index (χ2v) is 13.1. The minimum absolute atomic E-state index is 0.914. The number of aromatic nitrogens is 3. The summed E-state index contributed by atoms with van der Waals surface area (Å²) in [6.07, 6.45) is 34.8. The SMILES string of the molecule is CCCCCCCC[N+](CCCCCCCC)(CCCCCCCC)CCCCCCCC.c1ccc2n[nH]nc2c1. The van der Waals surface area contributed by atoms with E-state index >= 15 is 0 Å². The summed E-state index contributed by atoms with van der Waals surface area (Å²) in [5.41, 5.74) is 1.83. The lowest BCUT2D eigenvalue weighted by Gasteiger charge is -2.40. The lowest BCUT2D eigenvalue weighted by molar-refractivity contribution is -0.929. The molecule has 0 spiro atoms. The minimum Gasteiger partial charge on any atom is -0.324 e. The summed E-state index contributed by atoms with van der Waals surface area (Å²) < 4.78 is 1.48. The Labute approximate surface area is 262 Å². The predicted molar refractivity (Wildman–Crippen MR) is 187 cm³/mol. The van der Waals surface area contributed by atoms with Crippen LogP contribution >= 0.6 is 0 Å². The summed E-state index contributed by atoms with van der Waals surface area (Å²) >= 11 is 0. The molecule has 2 aromatic rings. The number of quaternary nitrogens is 1. The second-order valence-electron chi connectivity index (χ2n) is 13.1. The first-order valence-electron chi connectivity index (χ1n) is 18.8. The Morgan fingerprint density at radius 1 is 0.405 bits per heavy atom. The average Bonchev–Trinajstić information content (AvgIpc) is 3.50. The molecule has 0 aliphatic carbocycles. The third kappa shape index (κ3) is 20.5. The number of H-pyrrole nitrogens is 1. The zero-order chi connectivity index (χ0) is 30.4. The third-order valence-corrected chi connectivity index (χ3v) is 9.17. The summed E-state index contributed by atoms with van der Waals surface area (Å²) in [5, 5.41) is 10.3. The Morgan fingerprint density at radius 3 is 0.952 bits per heavy atom. The van der Waals surface area contributed by atoms with Gasteiger partial charge in [-0.15, -0.1) is 0 Å². The van der Waals surface area contributed by atoms with Gasteiger partial charge in [-0.05, 0) is 63.5 Å². The Morgan fingerprint density at radius 2 is 0.667 bits per heavy atom. The molecular weight excluding hydrogens is 512 g/mol. The highest BCUT2D eigenvalue weighted by atomic mass is 15.3. The van der Waals surface area contributed by atoms with E-state index in [0.29, 0.717) is 0 Å². The maximum absolute atomic E-state index is 3.88. The highest BCUT2D eigenvalue weighted by molar-refractivity contribution is 5.72. The van der Waals surface area contributed by atoms with Crippen molar-refractivity contribution in [2.45, 2.75) is 182 Å². The van der Waals surface area contributed by atoms with Crippen LogP contribution in [0.1, 0.15) is 182 Å². The molecule has 0 unspecified atom stereocenters. The molecule has 1 N–H and O–H groups in total.